The second-order valence-electron chi connectivity index (χ2n) is 5.30. The Hall–Kier alpha value is -0.630. The third kappa shape index (κ3) is 2.36. The number of benzene rings is 1. The molecule has 0 saturated carbocycles. The molecule has 2 aliphatic heterocycles. The van der Waals surface area contributed by atoms with Gasteiger partial charge in [-0.15, -0.1) is 0 Å². The Morgan fingerprint density at radius 2 is 1.95 bits per heavy atom. The summed E-state index contributed by atoms with van der Waals surface area (Å²) in [4.78, 5) is 0.297. The van der Waals surface area contributed by atoms with Crippen LogP contribution in [0, 0.1) is 11.8 Å². The van der Waals surface area contributed by atoms with Gasteiger partial charge in [0.1, 0.15) is 5.75 Å². The van der Waals surface area contributed by atoms with Crippen LogP contribution in [0.15, 0.2) is 27.6 Å². The largest absolute Gasteiger partial charge is 0.496 e. The molecule has 0 bridgehead atoms. The highest BCUT2D eigenvalue weighted by Gasteiger charge is 2.41. The fourth-order valence-corrected chi connectivity index (χ4v) is 4.94. The van der Waals surface area contributed by atoms with Crippen LogP contribution >= 0.6 is 15.9 Å². The zero-order chi connectivity index (χ0) is 14.3. The normalized spacial score (nSPS) is 26.7. The smallest absolute Gasteiger partial charge is 0.243 e. The van der Waals surface area contributed by atoms with E-state index in [0.717, 1.165) is 17.6 Å². The van der Waals surface area contributed by atoms with Gasteiger partial charge in [-0.2, -0.15) is 4.31 Å². The van der Waals surface area contributed by atoms with E-state index in [4.69, 9.17) is 4.74 Å². The van der Waals surface area contributed by atoms with Gasteiger partial charge in [0.25, 0.3) is 0 Å². The minimum atomic E-state index is -3.43. The average molecular weight is 361 g/mol. The maximum atomic E-state index is 12.7. The van der Waals surface area contributed by atoms with Crippen molar-refractivity contribution in [1.82, 2.24) is 9.62 Å². The van der Waals surface area contributed by atoms with Crippen molar-refractivity contribution in [3.63, 3.8) is 0 Å². The highest BCUT2D eigenvalue weighted by molar-refractivity contribution is 9.10. The molecule has 0 radical (unpaired) electrons. The number of hydrogen-bond donors (Lipinski definition) is 1. The van der Waals surface area contributed by atoms with E-state index in [2.05, 4.69) is 21.2 Å². The number of sulfonamides is 1. The third-order valence-corrected chi connectivity index (χ3v) is 6.60. The summed E-state index contributed by atoms with van der Waals surface area (Å²) in [7, 11) is -1.90. The lowest BCUT2D eigenvalue weighted by Gasteiger charge is -2.18. The Morgan fingerprint density at radius 3 is 2.55 bits per heavy atom. The standard InChI is InChI=1S/C13H17BrN2O3S/c1-19-13-4-11(2-3-12(13)14)20(17,18)16-7-9-5-15-6-10(9)8-16/h2-4,9-10,15H,5-8H2,1H3/t9-,10+. The van der Waals surface area contributed by atoms with Gasteiger partial charge in [0, 0.05) is 19.2 Å². The molecule has 7 heteroatoms. The predicted octanol–water partition coefficient (Wildman–Crippen LogP) is 1.30. The van der Waals surface area contributed by atoms with Crippen LogP contribution in [0.4, 0.5) is 0 Å². The Bertz CT molecular complexity index is 608. The fourth-order valence-electron chi connectivity index (χ4n) is 2.96. The van der Waals surface area contributed by atoms with E-state index in [1.807, 2.05) is 0 Å². The highest BCUT2D eigenvalue weighted by atomic mass is 79.9. The van der Waals surface area contributed by atoms with E-state index < -0.39 is 10.0 Å². The molecule has 2 saturated heterocycles. The molecule has 0 unspecified atom stereocenters. The molecule has 0 aliphatic carbocycles. The fraction of sp³-hybridized carbons (Fsp3) is 0.538. The lowest BCUT2D eigenvalue weighted by atomic mass is 10.0. The van der Waals surface area contributed by atoms with Crippen LogP contribution in [0.1, 0.15) is 0 Å². The molecule has 110 valence electrons. The summed E-state index contributed by atoms with van der Waals surface area (Å²) in [6.07, 6.45) is 0. The van der Waals surface area contributed by atoms with Gasteiger partial charge in [-0.3, -0.25) is 0 Å². The van der Waals surface area contributed by atoms with Crippen molar-refractivity contribution in [1.29, 1.82) is 0 Å². The van der Waals surface area contributed by atoms with Crippen LogP contribution in [0.2, 0.25) is 0 Å². The molecule has 2 heterocycles. The maximum absolute atomic E-state index is 12.7. The molecular weight excluding hydrogens is 344 g/mol. The number of ether oxygens (including phenoxy) is 1. The minimum Gasteiger partial charge on any atom is -0.496 e. The molecular formula is C13H17BrN2O3S. The molecule has 0 aromatic heterocycles. The second kappa shape index (κ2) is 5.29. The predicted molar refractivity (Wildman–Crippen MR) is 79.3 cm³/mol. The lowest BCUT2D eigenvalue weighted by molar-refractivity contribution is 0.409. The Balaban J connectivity index is 1.89. The number of nitrogens with zero attached hydrogens (tertiary/aromatic N) is 1. The second-order valence-corrected chi connectivity index (χ2v) is 8.09. The monoisotopic (exact) mass is 360 g/mol. The number of hydrogen-bond acceptors (Lipinski definition) is 4. The molecule has 2 aliphatic rings. The average Bonchev–Trinajstić information content (AvgIpc) is 2.99. The Kier molecular flexibility index (Phi) is 3.79. The van der Waals surface area contributed by atoms with Crippen molar-refractivity contribution in [3.05, 3.63) is 22.7 Å². The number of methoxy groups -OCH3 is 1. The summed E-state index contributed by atoms with van der Waals surface area (Å²) in [5.74, 6) is 1.43. The molecule has 3 rings (SSSR count). The molecule has 1 aromatic rings. The van der Waals surface area contributed by atoms with Crippen molar-refractivity contribution in [2.45, 2.75) is 4.90 Å². The SMILES string of the molecule is COc1cc(S(=O)(=O)N2C[C@H]3CNC[C@H]3C2)ccc1Br. The van der Waals surface area contributed by atoms with Crippen LogP contribution in [0.25, 0.3) is 0 Å². The summed E-state index contributed by atoms with van der Waals surface area (Å²) >= 11 is 3.34. The van der Waals surface area contributed by atoms with Crippen molar-refractivity contribution in [2.24, 2.45) is 11.8 Å². The first-order chi connectivity index (χ1) is 9.52. The van der Waals surface area contributed by atoms with Gasteiger partial charge >= 0.3 is 0 Å². The molecule has 5 nitrogen and oxygen atoms in total. The van der Waals surface area contributed by atoms with E-state index in [9.17, 15) is 8.42 Å². The highest BCUT2D eigenvalue weighted by Crippen LogP contribution is 2.33. The minimum absolute atomic E-state index is 0.297. The van der Waals surface area contributed by atoms with Gasteiger partial charge < -0.3 is 10.1 Å². The van der Waals surface area contributed by atoms with E-state index in [-0.39, 0.29) is 0 Å². The van der Waals surface area contributed by atoms with Crippen molar-refractivity contribution >= 4 is 26.0 Å². The molecule has 20 heavy (non-hydrogen) atoms. The van der Waals surface area contributed by atoms with Crippen LogP contribution in [0.5, 0.6) is 5.75 Å². The molecule has 0 spiro atoms. The summed E-state index contributed by atoms with van der Waals surface area (Å²) in [6, 6.07) is 4.91. The van der Waals surface area contributed by atoms with Crippen molar-refractivity contribution < 1.29 is 13.2 Å². The van der Waals surface area contributed by atoms with Crippen molar-refractivity contribution in [2.75, 3.05) is 33.3 Å². The van der Waals surface area contributed by atoms with Gasteiger partial charge in [-0.25, -0.2) is 8.42 Å². The summed E-state index contributed by atoms with van der Waals surface area (Å²) in [6.45, 7) is 3.05. The van der Waals surface area contributed by atoms with Gasteiger partial charge in [0.2, 0.25) is 10.0 Å². The number of nitrogens with one attached hydrogen (secondary N) is 1. The first kappa shape index (κ1) is 14.3. The number of rotatable bonds is 3. The first-order valence-electron chi connectivity index (χ1n) is 6.57. The van der Waals surface area contributed by atoms with E-state index in [1.54, 1.807) is 22.5 Å². The number of fused-ring (bicyclic) bond motifs is 1. The summed E-state index contributed by atoms with van der Waals surface area (Å²) in [5, 5.41) is 3.31. The summed E-state index contributed by atoms with van der Waals surface area (Å²) < 4.78 is 32.9. The van der Waals surface area contributed by atoms with Crippen LogP contribution in [-0.2, 0) is 10.0 Å². The van der Waals surface area contributed by atoms with E-state index in [1.165, 1.54) is 7.11 Å². The lowest BCUT2D eigenvalue weighted by Crippen LogP contribution is -2.31. The third-order valence-electron chi connectivity index (χ3n) is 4.12. The molecule has 2 atom stereocenters. The van der Waals surface area contributed by atoms with Crippen LogP contribution in [-0.4, -0.2) is 46.0 Å². The Morgan fingerprint density at radius 1 is 1.30 bits per heavy atom. The van der Waals surface area contributed by atoms with Gasteiger partial charge in [-0.05, 0) is 53.0 Å². The Labute approximate surface area is 127 Å². The van der Waals surface area contributed by atoms with E-state index >= 15 is 0 Å². The van der Waals surface area contributed by atoms with Crippen LogP contribution in [0.3, 0.4) is 0 Å². The zero-order valence-corrected chi connectivity index (χ0v) is 13.6. The van der Waals surface area contributed by atoms with Crippen LogP contribution < -0.4 is 10.1 Å². The van der Waals surface area contributed by atoms with Crippen molar-refractivity contribution in [3.8, 4) is 5.75 Å². The number of halogens is 1. The first-order valence-corrected chi connectivity index (χ1v) is 8.80. The summed E-state index contributed by atoms with van der Waals surface area (Å²) in [5.41, 5.74) is 0. The van der Waals surface area contributed by atoms with Gasteiger partial charge in [0.15, 0.2) is 0 Å². The molecule has 0 amide bonds. The zero-order valence-electron chi connectivity index (χ0n) is 11.2. The molecule has 2 fully saturated rings. The topological polar surface area (TPSA) is 58.6 Å². The molecule has 1 aromatic carbocycles. The maximum Gasteiger partial charge on any atom is 0.243 e. The quantitative estimate of drug-likeness (QED) is 0.882. The van der Waals surface area contributed by atoms with Gasteiger partial charge in [-0.1, -0.05) is 0 Å². The molecule has 1 N–H and O–H groups in total. The van der Waals surface area contributed by atoms with Gasteiger partial charge in [0.05, 0.1) is 16.5 Å². The van der Waals surface area contributed by atoms with E-state index in [0.29, 0.717) is 35.6 Å².